The van der Waals surface area contributed by atoms with Crippen molar-refractivity contribution in [1.82, 2.24) is 4.98 Å². The Balaban J connectivity index is 3.01. The highest BCUT2D eigenvalue weighted by Gasteiger charge is 2.10. The topological polar surface area (TPSA) is 79.3 Å². The second kappa shape index (κ2) is 3.82. The molecule has 1 aromatic heterocycles. The quantitative estimate of drug-likeness (QED) is 0.691. The SMILES string of the molecule is CC(=O)Nc1ccc(C(=O)O)nc1F. The van der Waals surface area contributed by atoms with Crippen LogP contribution in [-0.2, 0) is 4.79 Å². The molecule has 0 spiro atoms. The molecule has 0 atom stereocenters. The number of carbonyl (C=O) groups is 2. The van der Waals surface area contributed by atoms with Crippen molar-refractivity contribution in [2.24, 2.45) is 0 Å². The van der Waals surface area contributed by atoms with Gasteiger partial charge in [-0.2, -0.15) is 4.39 Å². The van der Waals surface area contributed by atoms with Gasteiger partial charge in [0.2, 0.25) is 11.9 Å². The van der Waals surface area contributed by atoms with Crippen molar-refractivity contribution >= 4 is 17.6 Å². The van der Waals surface area contributed by atoms with E-state index in [1.165, 1.54) is 6.92 Å². The molecule has 0 aromatic carbocycles. The van der Waals surface area contributed by atoms with Crippen LogP contribution >= 0.6 is 0 Å². The van der Waals surface area contributed by atoms with Gasteiger partial charge in [0.05, 0.1) is 5.69 Å². The largest absolute Gasteiger partial charge is 0.477 e. The second-order valence-corrected chi connectivity index (χ2v) is 2.52. The summed E-state index contributed by atoms with van der Waals surface area (Å²) in [6.45, 7) is 1.21. The normalized spacial score (nSPS) is 9.57. The summed E-state index contributed by atoms with van der Waals surface area (Å²) < 4.78 is 13.0. The number of anilines is 1. The van der Waals surface area contributed by atoms with E-state index in [2.05, 4.69) is 10.3 Å². The van der Waals surface area contributed by atoms with E-state index in [9.17, 15) is 14.0 Å². The molecular weight excluding hydrogens is 191 g/mol. The number of carboxylic acid groups (broad SMARTS) is 1. The molecule has 14 heavy (non-hydrogen) atoms. The average Bonchev–Trinajstić information content (AvgIpc) is 2.07. The van der Waals surface area contributed by atoms with Crippen molar-refractivity contribution in [1.29, 1.82) is 0 Å². The van der Waals surface area contributed by atoms with Crippen LogP contribution in [0.25, 0.3) is 0 Å². The molecule has 0 radical (unpaired) electrons. The number of aromatic nitrogens is 1. The van der Waals surface area contributed by atoms with Crippen LogP contribution in [0.1, 0.15) is 17.4 Å². The highest BCUT2D eigenvalue weighted by atomic mass is 19.1. The maximum Gasteiger partial charge on any atom is 0.354 e. The highest BCUT2D eigenvalue weighted by Crippen LogP contribution is 2.11. The van der Waals surface area contributed by atoms with Gasteiger partial charge in [0, 0.05) is 6.92 Å². The zero-order valence-electron chi connectivity index (χ0n) is 7.24. The molecule has 0 saturated carbocycles. The van der Waals surface area contributed by atoms with Crippen LogP contribution in [-0.4, -0.2) is 22.0 Å². The summed E-state index contributed by atoms with van der Waals surface area (Å²) in [5, 5.41) is 10.6. The number of carbonyl (C=O) groups excluding carboxylic acids is 1. The van der Waals surface area contributed by atoms with Crippen molar-refractivity contribution < 1.29 is 19.1 Å². The van der Waals surface area contributed by atoms with Crippen LogP contribution in [0, 0.1) is 5.95 Å². The van der Waals surface area contributed by atoms with Crippen molar-refractivity contribution in [3.8, 4) is 0 Å². The van der Waals surface area contributed by atoms with E-state index in [0.29, 0.717) is 0 Å². The third-order valence-corrected chi connectivity index (χ3v) is 1.38. The third-order valence-electron chi connectivity index (χ3n) is 1.38. The summed E-state index contributed by atoms with van der Waals surface area (Å²) in [6, 6.07) is 2.25. The van der Waals surface area contributed by atoms with Gasteiger partial charge in [-0.25, -0.2) is 9.78 Å². The first kappa shape index (κ1) is 10.1. The summed E-state index contributed by atoms with van der Waals surface area (Å²) in [7, 11) is 0. The number of carboxylic acids is 1. The van der Waals surface area contributed by atoms with E-state index in [1.54, 1.807) is 0 Å². The molecule has 0 aliphatic rings. The van der Waals surface area contributed by atoms with E-state index < -0.39 is 23.5 Å². The van der Waals surface area contributed by atoms with E-state index in [0.717, 1.165) is 12.1 Å². The Morgan fingerprint density at radius 3 is 2.57 bits per heavy atom. The smallest absolute Gasteiger partial charge is 0.354 e. The lowest BCUT2D eigenvalue weighted by Gasteiger charge is -2.02. The van der Waals surface area contributed by atoms with Gasteiger partial charge in [-0.15, -0.1) is 0 Å². The van der Waals surface area contributed by atoms with Gasteiger partial charge in [-0.3, -0.25) is 4.79 Å². The molecule has 1 heterocycles. The minimum Gasteiger partial charge on any atom is -0.477 e. The fraction of sp³-hybridized carbons (Fsp3) is 0.125. The van der Waals surface area contributed by atoms with E-state index in [1.807, 2.05) is 0 Å². The van der Waals surface area contributed by atoms with E-state index in [4.69, 9.17) is 5.11 Å². The van der Waals surface area contributed by atoms with Gasteiger partial charge in [0.25, 0.3) is 0 Å². The Morgan fingerprint density at radius 1 is 1.50 bits per heavy atom. The van der Waals surface area contributed by atoms with Crippen molar-refractivity contribution in [2.45, 2.75) is 6.92 Å². The molecule has 1 aromatic rings. The summed E-state index contributed by atoms with van der Waals surface area (Å²) in [6.07, 6.45) is 0. The highest BCUT2D eigenvalue weighted by molar-refractivity contribution is 5.89. The molecule has 1 rings (SSSR count). The van der Waals surface area contributed by atoms with Gasteiger partial charge in [0.15, 0.2) is 5.69 Å². The maximum atomic E-state index is 13.0. The van der Waals surface area contributed by atoms with Crippen LogP contribution in [0.2, 0.25) is 0 Å². The molecule has 6 heteroatoms. The molecule has 0 unspecified atom stereocenters. The number of nitrogens with one attached hydrogen (secondary N) is 1. The minimum absolute atomic E-state index is 0.137. The Morgan fingerprint density at radius 2 is 2.14 bits per heavy atom. The van der Waals surface area contributed by atoms with Crippen LogP contribution in [0.3, 0.4) is 0 Å². The first-order chi connectivity index (χ1) is 6.50. The Hall–Kier alpha value is -1.98. The Kier molecular flexibility index (Phi) is 2.76. The van der Waals surface area contributed by atoms with Gasteiger partial charge in [-0.1, -0.05) is 0 Å². The van der Waals surface area contributed by atoms with Crippen molar-refractivity contribution in [2.75, 3.05) is 5.32 Å². The number of aromatic carboxylic acids is 1. The van der Waals surface area contributed by atoms with Crippen molar-refractivity contribution in [3.05, 3.63) is 23.8 Å². The predicted octanol–water partition coefficient (Wildman–Crippen LogP) is 0.877. The molecule has 0 aliphatic carbocycles. The number of halogens is 1. The summed E-state index contributed by atoms with van der Waals surface area (Å²) >= 11 is 0. The van der Waals surface area contributed by atoms with E-state index in [-0.39, 0.29) is 5.69 Å². The lowest BCUT2D eigenvalue weighted by molar-refractivity contribution is -0.114. The Labute approximate surface area is 78.6 Å². The monoisotopic (exact) mass is 198 g/mol. The number of rotatable bonds is 2. The number of amides is 1. The van der Waals surface area contributed by atoms with Crippen LogP contribution < -0.4 is 5.32 Å². The Bertz CT molecular complexity index is 392. The van der Waals surface area contributed by atoms with Gasteiger partial charge in [-0.05, 0) is 12.1 Å². The summed E-state index contributed by atoms with van der Waals surface area (Å²) in [5.41, 5.74) is -0.542. The van der Waals surface area contributed by atoms with Gasteiger partial charge < -0.3 is 10.4 Å². The molecule has 0 bridgehead atoms. The molecule has 5 nitrogen and oxygen atoms in total. The summed E-state index contributed by atoms with van der Waals surface area (Å²) in [4.78, 5) is 24.1. The van der Waals surface area contributed by atoms with Gasteiger partial charge in [0.1, 0.15) is 0 Å². The lowest BCUT2D eigenvalue weighted by atomic mass is 10.3. The van der Waals surface area contributed by atoms with Crippen LogP contribution in [0.5, 0.6) is 0 Å². The zero-order chi connectivity index (χ0) is 10.7. The standard InChI is InChI=1S/C8H7FN2O3/c1-4(12)10-5-2-3-6(8(13)14)11-7(5)9/h2-3H,1H3,(H,10,12)(H,13,14). The first-order valence-electron chi connectivity index (χ1n) is 3.68. The fourth-order valence-corrected chi connectivity index (χ4v) is 0.836. The van der Waals surface area contributed by atoms with Crippen LogP contribution in [0.15, 0.2) is 12.1 Å². The number of hydrogen-bond acceptors (Lipinski definition) is 3. The van der Waals surface area contributed by atoms with Gasteiger partial charge >= 0.3 is 5.97 Å². The number of nitrogens with zero attached hydrogens (tertiary/aromatic N) is 1. The zero-order valence-corrected chi connectivity index (χ0v) is 7.24. The molecular formula is C8H7FN2O3. The number of pyridine rings is 1. The molecule has 0 fully saturated rings. The lowest BCUT2D eigenvalue weighted by Crippen LogP contribution is -2.10. The molecule has 74 valence electrons. The second-order valence-electron chi connectivity index (χ2n) is 2.52. The van der Waals surface area contributed by atoms with E-state index >= 15 is 0 Å². The first-order valence-corrected chi connectivity index (χ1v) is 3.68. The number of hydrogen-bond donors (Lipinski definition) is 2. The minimum atomic E-state index is -1.32. The predicted molar refractivity (Wildman–Crippen MR) is 45.5 cm³/mol. The molecule has 0 aliphatic heterocycles. The maximum absolute atomic E-state index is 13.0. The fourth-order valence-electron chi connectivity index (χ4n) is 0.836. The average molecular weight is 198 g/mol. The third kappa shape index (κ3) is 2.25. The molecule has 0 saturated heterocycles. The molecule has 2 N–H and O–H groups in total. The summed E-state index contributed by atoms with van der Waals surface area (Å²) in [5.74, 6) is -2.79. The van der Waals surface area contributed by atoms with Crippen molar-refractivity contribution in [3.63, 3.8) is 0 Å². The van der Waals surface area contributed by atoms with Crippen LogP contribution in [0.4, 0.5) is 10.1 Å². The molecule has 1 amide bonds.